The van der Waals surface area contributed by atoms with Crippen molar-refractivity contribution in [1.29, 1.82) is 0 Å². The molecule has 40 heavy (non-hydrogen) atoms. The highest BCUT2D eigenvalue weighted by molar-refractivity contribution is 5.90. The van der Waals surface area contributed by atoms with Gasteiger partial charge < -0.3 is 19.4 Å². The van der Waals surface area contributed by atoms with Crippen LogP contribution in [0.1, 0.15) is 41.5 Å². The van der Waals surface area contributed by atoms with Crippen LogP contribution in [0.2, 0.25) is 0 Å². The molecule has 2 heterocycles. The molecule has 0 unspecified atom stereocenters. The first-order chi connectivity index (χ1) is 18.9. The van der Waals surface area contributed by atoms with Gasteiger partial charge in [0.15, 0.2) is 0 Å². The van der Waals surface area contributed by atoms with Gasteiger partial charge in [0.05, 0.1) is 12.1 Å². The molecule has 2 atom stereocenters. The van der Waals surface area contributed by atoms with E-state index in [1.807, 2.05) is 49.3 Å². The summed E-state index contributed by atoms with van der Waals surface area (Å²) in [6, 6.07) is 12.3. The van der Waals surface area contributed by atoms with Gasteiger partial charge in [-0.25, -0.2) is 4.79 Å². The number of piperazine rings is 1. The summed E-state index contributed by atoms with van der Waals surface area (Å²) in [6.45, 7) is 2.47. The van der Waals surface area contributed by atoms with Crippen LogP contribution in [0, 0.1) is 6.92 Å². The molecule has 0 bridgehead atoms. The zero-order chi connectivity index (χ0) is 29.0. The fourth-order valence-electron chi connectivity index (χ4n) is 5.36. The van der Waals surface area contributed by atoms with Gasteiger partial charge in [0.1, 0.15) is 18.8 Å². The van der Waals surface area contributed by atoms with Gasteiger partial charge in [0.2, 0.25) is 11.8 Å². The molecule has 2 aliphatic rings. The van der Waals surface area contributed by atoms with Crippen molar-refractivity contribution in [2.45, 2.75) is 57.7 Å². The third-order valence-corrected chi connectivity index (χ3v) is 7.21. The monoisotopic (exact) mass is 560 g/mol. The van der Waals surface area contributed by atoms with Crippen LogP contribution in [0.4, 0.5) is 18.0 Å². The zero-order valence-electron chi connectivity index (χ0n) is 23.0. The number of hydrogen-bond acceptors (Lipinski definition) is 5. The van der Waals surface area contributed by atoms with Gasteiger partial charge in [0.25, 0.3) is 0 Å². The number of benzene rings is 2. The summed E-state index contributed by atoms with van der Waals surface area (Å²) in [7, 11) is 3.87. The van der Waals surface area contributed by atoms with E-state index in [9.17, 15) is 27.6 Å². The molecule has 2 aromatic rings. The number of ether oxygens (including phenoxy) is 1. The Morgan fingerprint density at radius 3 is 2.48 bits per heavy atom. The summed E-state index contributed by atoms with van der Waals surface area (Å²) in [4.78, 5) is 46.7. The van der Waals surface area contributed by atoms with Crippen molar-refractivity contribution < 1.29 is 32.3 Å². The number of halogens is 3. The predicted molar refractivity (Wildman–Crippen MR) is 142 cm³/mol. The molecular weight excluding hydrogens is 525 g/mol. The van der Waals surface area contributed by atoms with Gasteiger partial charge >= 0.3 is 12.3 Å². The smallest absolute Gasteiger partial charge is 0.416 e. The van der Waals surface area contributed by atoms with E-state index in [1.165, 1.54) is 15.9 Å². The van der Waals surface area contributed by atoms with E-state index in [4.69, 9.17) is 4.74 Å². The van der Waals surface area contributed by atoms with Crippen molar-refractivity contribution >= 4 is 17.9 Å². The number of nitrogens with zero attached hydrogens (tertiary/aromatic N) is 4. The number of fused-ring (bicyclic) bond motifs is 1. The third kappa shape index (κ3) is 6.93. The molecule has 2 saturated heterocycles. The number of hydrogen-bond donors (Lipinski definition) is 0. The molecule has 0 aromatic heterocycles. The van der Waals surface area contributed by atoms with Gasteiger partial charge in [-0.05, 0) is 63.7 Å². The minimum atomic E-state index is -4.52. The van der Waals surface area contributed by atoms with Crippen molar-refractivity contribution in [3.05, 3.63) is 70.8 Å². The van der Waals surface area contributed by atoms with Crippen LogP contribution in [0.25, 0.3) is 0 Å². The van der Waals surface area contributed by atoms with E-state index in [0.29, 0.717) is 24.9 Å². The number of carbonyl (C=O) groups excluding carboxylic acids is 3. The fourth-order valence-corrected chi connectivity index (χ4v) is 5.36. The second-order valence-electron chi connectivity index (χ2n) is 10.7. The van der Waals surface area contributed by atoms with E-state index in [2.05, 4.69) is 0 Å². The van der Waals surface area contributed by atoms with Gasteiger partial charge in [-0.3, -0.25) is 14.5 Å². The molecule has 0 spiro atoms. The number of carbonyl (C=O) groups is 3. The van der Waals surface area contributed by atoms with Crippen molar-refractivity contribution in [2.75, 3.05) is 33.7 Å². The lowest BCUT2D eigenvalue weighted by Crippen LogP contribution is -2.71. The highest BCUT2D eigenvalue weighted by atomic mass is 19.4. The minimum absolute atomic E-state index is 0.0322. The first kappa shape index (κ1) is 29.4. The lowest BCUT2D eigenvalue weighted by molar-refractivity contribution is -0.169. The number of aryl methyl sites for hydroxylation is 1. The van der Waals surface area contributed by atoms with Crippen molar-refractivity contribution in [3.63, 3.8) is 0 Å². The quantitative estimate of drug-likeness (QED) is 0.483. The lowest BCUT2D eigenvalue weighted by atomic mass is 9.99. The molecule has 11 heteroatoms. The van der Waals surface area contributed by atoms with Crippen LogP contribution in [0.5, 0.6) is 0 Å². The molecule has 2 fully saturated rings. The maximum absolute atomic E-state index is 13.6. The molecule has 8 nitrogen and oxygen atoms in total. The summed E-state index contributed by atoms with van der Waals surface area (Å²) < 4.78 is 45.3. The topological polar surface area (TPSA) is 73.4 Å². The molecular formula is C29H35F3N4O4. The van der Waals surface area contributed by atoms with Gasteiger partial charge in [-0.1, -0.05) is 42.0 Å². The number of rotatable bonds is 8. The minimum Gasteiger partial charge on any atom is -0.444 e. The SMILES string of the molecule is Cc1cc(COC(=O)N2CCC(=O)N3[C@@H]2CN(Cc2ccccc2)C(=O)[C@@H]3CCCN(C)C)cc(C(F)(F)F)c1. The van der Waals surface area contributed by atoms with E-state index in [1.54, 1.807) is 11.8 Å². The lowest BCUT2D eigenvalue weighted by Gasteiger charge is -2.52. The molecule has 0 N–H and O–H groups in total. The van der Waals surface area contributed by atoms with E-state index < -0.39 is 30.0 Å². The largest absolute Gasteiger partial charge is 0.444 e. The van der Waals surface area contributed by atoms with E-state index in [0.717, 1.165) is 24.2 Å². The average Bonchev–Trinajstić information content (AvgIpc) is 2.89. The zero-order valence-corrected chi connectivity index (χ0v) is 23.0. The standard InChI is InChI=1S/C29H35F3N4O4/c1-20-14-22(16-23(15-20)29(30,31)32)19-40-28(39)35-13-11-26(37)36-24(10-7-12-33(2)3)27(38)34(18-25(35)36)17-21-8-5-4-6-9-21/h4-6,8-9,14-16,24-25H,7,10-13,17-19H2,1-3H3/t24-,25+/m0/s1. The molecule has 0 radical (unpaired) electrons. The summed E-state index contributed by atoms with van der Waals surface area (Å²) in [5, 5.41) is 0. The van der Waals surface area contributed by atoms with Gasteiger partial charge in [-0.2, -0.15) is 13.2 Å². The second kappa shape index (κ2) is 12.3. The summed E-state index contributed by atoms with van der Waals surface area (Å²) in [5.74, 6) is -0.369. The molecule has 0 aliphatic carbocycles. The Kier molecular flexibility index (Phi) is 9.02. The number of amides is 3. The highest BCUT2D eigenvalue weighted by Gasteiger charge is 2.48. The Balaban J connectivity index is 1.55. The highest BCUT2D eigenvalue weighted by Crippen LogP contribution is 2.32. The third-order valence-electron chi connectivity index (χ3n) is 7.21. The van der Waals surface area contributed by atoms with Gasteiger partial charge in [-0.15, -0.1) is 0 Å². The van der Waals surface area contributed by atoms with Crippen LogP contribution in [0.3, 0.4) is 0 Å². The second-order valence-corrected chi connectivity index (χ2v) is 10.7. The Morgan fingerprint density at radius 1 is 1.07 bits per heavy atom. The maximum atomic E-state index is 13.6. The van der Waals surface area contributed by atoms with E-state index in [-0.39, 0.29) is 43.5 Å². The number of alkyl halides is 3. The van der Waals surface area contributed by atoms with Crippen molar-refractivity contribution in [3.8, 4) is 0 Å². The Hall–Kier alpha value is -3.60. The Labute approximate surface area is 232 Å². The Morgan fingerprint density at radius 2 is 1.80 bits per heavy atom. The average molecular weight is 561 g/mol. The van der Waals surface area contributed by atoms with Crippen LogP contribution in [0.15, 0.2) is 48.5 Å². The first-order valence-electron chi connectivity index (χ1n) is 13.3. The first-order valence-corrected chi connectivity index (χ1v) is 13.3. The van der Waals surface area contributed by atoms with Gasteiger partial charge in [0, 0.05) is 19.5 Å². The molecule has 3 amide bonds. The summed E-state index contributed by atoms with van der Waals surface area (Å²) >= 11 is 0. The van der Waals surface area contributed by atoms with Crippen LogP contribution < -0.4 is 0 Å². The summed E-state index contributed by atoms with van der Waals surface area (Å²) in [6.07, 6.45) is -4.84. The van der Waals surface area contributed by atoms with Crippen molar-refractivity contribution in [1.82, 2.24) is 19.6 Å². The fraction of sp³-hybridized carbons (Fsp3) is 0.483. The van der Waals surface area contributed by atoms with Crippen LogP contribution in [-0.2, 0) is 33.7 Å². The molecule has 216 valence electrons. The van der Waals surface area contributed by atoms with E-state index >= 15 is 0 Å². The van der Waals surface area contributed by atoms with Crippen molar-refractivity contribution in [2.24, 2.45) is 0 Å². The molecule has 4 rings (SSSR count). The molecule has 2 aromatic carbocycles. The normalized spacial score (nSPS) is 19.7. The molecule has 2 aliphatic heterocycles. The molecule has 0 saturated carbocycles. The summed E-state index contributed by atoms with van der Waals surface area (Å²) in [5.41, 5.74) is 0.735. The Bertz CT molecular complexity index is 1220. The van der Waals surface area contributed by atoms with Crippen LogP contribution in [-0.4, -0.2) is 83.4 Å². The van der Waals surface area contributed by atoms with Crippen LogP contribution >= 0.6 is 0 Å². The predicted octanol–water partition coefficient (Wildman–Crippen LogP) is 4.26. The maximum Gasteiger partial charge on any atom is 0.416 e.